The number of benzene rings is 2. The third kappa shape index (κ3) is 15.4. The monoisotopic (exact) mass is 512 g/mol. The van der Waals surface area contributed by atoms with E-state index in [2.05, 4.69) is 69.3 Å². The van der Waals surface area contributed by atoms with E-state index in [1.54, 1.807) is 0 Å². The maximum absolute atomic E-state index is 10.7. The van der Waals surface area contributed by atoms with E-state index >= 15 is 0 Å². The molecule has 0 aliphatic carbocycles. The van der Waals surface area contributed by atoms with Gasteiger partial charge >= 0.3 is 154 Å². The first-order valence-corrected chi connectivity index (χ1v) is 11.6. The molecule has 0 nitrogen and oxygen atoms in total. The molecule has 0 heterocycles. The van der Waals surface area contributed by atoms with Crippen LogP contribution in [0, 0.1) is 20.0 Å². The molecule has 0 N–H and O–H groups in total. The third-order valence-corrected chi connectivity index (χ3v) is 5.47. The Bertz CT molecular complexity index is 665. The van der Waals surface area contributed by atoms with Crippen molar-refractivity contribution in [3.05, 3.63) is 66.8 Å². The van der Waals surface area contributed by atoms with Gasteiger partial charge in [0.1, 0.15) is 0 Å². The summed E-state index contributed by atoms with van der Waals surface area (Å²) < 4.78 is 62.2. The molecule has 0 aliphatic heterocycles. The van der Waals surface area contributed by atoms with E-state index in [0.717, 1.165) is 5.92 Å². The first-order valence-electron chi connectivity index (χ1n) is 7.45. The molecule has 0 aliphatic rings. The second-order valence-corrected chi connectivity index (χ2v) is 11.0. The molecule has 0 saturated heterocycles. The first-order chi connectivity index (χ1) is 11.1. The molecule has 0 unspecified atom stereocenters. The Morgan fingerprint density at radius 2 is 1.12 bits per heavy atom. The molecule has 0 atom stereocenters. The van der Waals surface area contributed by atoms with Crippen molar-refractivity contribution in [3.8, 4) is 0 Å². The standard InChI is InChI=1S/C17H20I.CH4.F6P/c1-13(2)12-15-6-10-17(11-7-15)18-16-8-4-14(3)5-9-16;;1-7(2,3,4,5)6/h4-11,13H,12H2,1-3H3;1H4;/q-1;;-1. The number of aryl methyl sites for hydroxylation is 1. The summed E-state index contributed by atoms with van der Waals surface area (Å²) in [4.78, 5) is 0. The topological polar surface area (TPSA) is 0 Å². The number of rotatable bonds is 4. The zero-order chi connectivity index (χ0) is 19.4. The summed E-state index contributed by atoms with van der Waals surface area (Å²) in [6, 6.07) is 18.2. The summed E-state index contributed by atoms with van der Waals surface area (Å²) in [5.74, 6) is 0.739. The minimum absolute atomic E-state index is 0. The van der Waals surface area contributed by atoms with Gasteiger partial charge in [0.15, 0.2) is 0 Å². The Hall–Kier alpha value is -0.820. The molecule has 2 aromatic rings. The fourth-order valence-corrected chi connectivity index (χ4v) is 4.03. The van der Waals surface area contributed by atoms with E-state index in [1.807, 2.05) is 0 Å². The predicted molar refractivity (Wildman–Crippen MR) is 93.9 cm³/mol. The van der Waals surface area contributed by atoms with Gasteiger partial charge in [-0.3, -0.25) is 0 Å². The van der Waals surface area contributed by atoms with Crippen LogP contribution in [0.3, 0.4) is 0 Å². The van der Waals surface area contributed by atoms with Crippen molar-refractivity contribution in [2.45, 2.75) is 34.6 Å². The summed E-state index contributed by atoms with van der Waals surface area (Å²) in [6.07, 6.45) is 1.18. The Kier molecular flexibility index (Phi) is 8.20. The average molecular weight is 512 g/mol. The van der Waals surface area contributed by atoms with E-state index in [1.165, 1.54) is 24.7 Å². The molecule has 0 radical (unpaired) electrons. The van der Waals surface area contributed by atoms with Gasteiger partial charge < -0.3 is 0 Å². The van der Waals surface area contributed by atoms with Gasteiger partial charge in [0.25, 0.3) is 0 Å². The fourth-order valence-electron chi connectivity index (χ4n) is 1.88. The van der Waals surface area contributed by atoms with Crippen molar-refractivity contribution in [1.29, 1.82) is 0 Å². The average Bonchev–Trinajstić information content (AvgIpc) is 2.39. The molecule has 0 fully saturated rings. The van der Waals surface area contributed by atoms with Crippen molar-refractivity contribution < 1.29 is 46.4 Å². The van der Waals surface area contributed by atoms with Crippen molar-refractivity contribution in [2.75, 3.05) is 0 Å². The predicted octanol–water partition coefficient (Wildman–Crippen LogP) is 5.34. The van der Waals surface area contributed by atoms with Crippen molar-refractivity contribution >= 4 is 7.81 Å². The van der Waals surface area contributed by atoms with Crippen molar-refractivity contribution in [3.63, 3.8) is 0 Å². The Balaban J connectivity index is 0.000000673. The molecule has 0 spiro atoms. The molecule has 2 rings (SSSR count). The van der Waals surface area contributed by atoms with Gasteiger partial charge in [-0.2, -0.15) is 0 Å². The van der Waals surface area contributed by atoms with Crippen LogP contribution in [0.2, 0.25) is 0 Å². The van der Waals surface area contributed by atoms with Gasteiger partial charge in [0.2, 0.25) is 0 Å². The number of hydrogen-bond donors (Lipinski definition) is 0. The van der Waals surface area contributed by atoms with E-state index in [9.17, 15) is 25.2 Å². The molecule has 152 valence electrons. The number of hydrogen-bond acceptors (Lipinski definition) is 0. The molecule has 26 heavy (non-hydrogen) atoms. The summed E-state index contributed by atoms with van der Waals surface area (Å²) in [7, 11) is -10.7. The van der Waals surface area contributed by atoms with Gasteiger partial charge in [0.05, 0.1) is 0 Å². The summed E-state index contributed by atoms with van der Waals surface area (Å²) >= 11 is -0.0179. The van der Waals surface area contributed by atoms with E-state index in [-0.39, 0.29) is 28.6 Å². The quantitative estimate of drug-likeness (QED) is 0.295. The molecule has 0 aromatic heterocycles. The zero-order valence-electron chi connectivity index (χ0n) is 14.0. The zero-order valence-corrected chi connectivity index (χ0v) is 17.0. The summed E-state index contributed by atoms with van der Waals surface area (Å²) in [5, 5.41) is 0. The molecule has 0 amide bonds. The Labute approximate surface area is 161 Å². The van der Waals surface area contributed by atoms with Crippen LogP contribution in [0.4, 0.5) is 25.2 Å². The molecule has 0 bridgehead atoms. The molecular formula is C18H24F6IP-2. The molecular weight excluding hydrogens is 488 g/mol. The molecule has 2 aromatic carbocycles. The summed E-state index contributed by atoms with van der Waals surface area (Å²) in [5.41, 5.74) is 2.80. The van der Waals surface area contributed by atoms with E-state index in [4.69, 9.17) is 0 Å². The number of halogens is 7. The van der Waals surface area contributed by atoms with E-state index in [0.29, 0.717) is 0 Å². The van der Waals surface area contributed by atoms with Gasteiger partial charge in [-0.15, -0.1) is 0 Å². The normalized spacial score (nSPS) is 13.9. The van der Waals surface area contributed by atoms with Crippen LogP contribution in [-0.4, -0.2) is 0 Å². The molecule has 0 saturated carbocycles. The van der Waals surface area contributed by atoms with Crippen LogP contribution in [0.5, 0.6) is 0 Å². The second-order valence-electron chi connectivity index (χ2n) is 6.07. The summed E-state index contributed by atoms with van der Waals surface area (Å²) in [6.45, 7) is 6.68. The van der Waals surface area contributed by atoms with Gasteiger partial charge in [-0.05, 0) is 0 Å². The second kappa shape index (κ2) is 8.46. The fraction of sp³-hybridized carbons (Fsp3) is 0.333. The first kappa shape index (κ1) is 25.2. The molecule has 8 heteroatoms. The van der Waals surface area contributed by atoms with Crippen LogP contribution < -0.4 is 21.2 Å². The minimum atomic E-state index is -10.7. The van der Waals surface area contributed by atoms with Crippen LogP contribution in [-0.2, 0) is 6.42 Å². The van der Waals surface area contributed by atoms with Gasteiger partial charge in [0, 0.05) is 0 Å². The Morgan fingerprint density at radius 3 is 1.46 bits per heavy atom. The van der Waals surface area contributed by atoms with Crippen LogP contribution in [0.1, 0.15) is 32.4 Å². The van der Waals surface area contributed by atoms with Crippen molar-refractivity contribution in [1.82, 2.24) is 0 Å². The maximum atomic E-state index is 9.87. The Morgan fingerprint density at radius 1 is 0.769 bits per heavy atom. The van der Waals surface area contributed by atoms with E-state index < -0.39 is 7.81 Å². The van der Waals surface area contributed by atoms with Crippen LogP contribution in [0.15, 0.2) is 48.5 Å². The third-order valence-electron chi connectivity index (χ3n) is 2.79. The van der Waals surface area contributed by atoms with Crippen LogP contribution in [0.25, 0.3) is 0 Å². The SMILES string of the molecule is C.Cc1ccc([I-]c2ccc(CC(C)C)cc2)cc1.F[P-](F)(F)(F)(F)F. The van der Waals surface area contributed by atoms with Gasteiger partial charge in [-0.1, -0.05) is 7.43 Å². The van der Waals surface area contributed by atoms with Crippen molar-refractivity contribution in [2.24, 2.45) is 5.92 Å². The van der Waals surface area contributed by atoms with Gasteiger partial charge in [-0.25, -0.2) is 0 Å². The van der Waals surface area contributed by atoms with Crippen LogP contribution >= 0.6 is 7.81 Å².